The highest BCUT2D eigenvalue weighted by molar-refractivity contribution is 5.87. The van der Waals surface area contributed by atoms with E-state index in [1.165, 1.54) is 5.56 Å². The maximum Gasteiger partial charge on any atom is 0.204 e. The average molecular weight is 713 g/mol. The molecule has 4 aromatic rings. The predicted octanol–water partition coefficient (Wildman–Crippen LogP) is 6.77. The van der Waals surface area contributed by atoms with E-state index in [0.29, 0.717) is 52.4 Å². The Bertz CT molecular complexity index is 2010. The van der Waals surface area contributed by atoms with E-state index in [1.807, 2.05) is 30.3 Å². The van der Waals surface area contributed by atoms with Crippen LogP contribution in [0.2, 0.25) is 0 Å². The summed E-state index contributed by atoms with van der Waals surface area (Å²) in [5, 5.41) is 10.8. The third-order valence-corrected chi connectivity index (χ3v) is 11.0. The van der Waals surface area contributed by atoms with Crippen molar-refractivity contribution in [3.05, 3.63) is 69.8 Å². The minimum atomic E-state index is -0.0431. The Kier molecular flexibility index (Phi) is 9.67. The van der Waals surface area contributed by atoms with Crippen molar-refractivity contribution in [2.24, 2.45) is 0 Å². The van der Waals surface area contributed by atoms with Crippen molar-refractivity contribution in [3.63, 3.8) is 0 Å². The standard InChI is InChI=1S/C41H48N2O9/c1-42-12-10-22-16-32(45-3)30(44)19-26(22)28(42)15-24-18-33(46-4)35(48-6)21-31(24)52-36-17-23-14-29-37-25(11-13-43(29)2)39(49-7)41(51-9)40(50-8)38(37)27(23)20-34(36)47-5/h16-21,28-29,44H,10-15H2,1-9H3/t28-,29-/m0/s1. The minimum absolute atomic E-state index is 0.0431. The molecule has 0 saturated heterocycles. The lowest BCUT2D eigenvalue weighted by Crippen LogP contribution is -2.36. The Morgan fingerprint density at radius 1 is 0.615 bits per heavy atom. The highest BCUT2D eigenvalue weighted by Crippen LogP contribution is 2.58. The van der Waals surface area contributed by atoms with Crippen LogP contribution in [0.4, 0.5) is 0 Å². The molecular weight excluding hydrogens is 664 g/mol. The molecule has 0 saturated carbocycles. The number of phenols is 1. The summed E-state index contributed by atoms with van der Waals surface area (Å²) in [7, 11) is 15.7. The van der Waals surface area contributed by atoms with Gasteiger partial charge in [0, 0.05) is 47.9 Å². The molecule has 52 heavy (non-hydrogen) atoms. The van der Waals surface area contributed by atoms with Crippen molar-refractivity contribution in [2.75, 3.05) is 77.0 Å². The summed E-state index contributed by atoms with van der Waals surface area (Å²) in [6.07, 6.45) is 3.04. The average Bonchev–Trinajstić information content (AvgIpc) is 3.16. The largest absolute Gasteiger partial charge is 0.504 e. The van der Waals surface area contributed by atoms with Gasteiger partial charge in [-0.25, -0.2) is 0 Å². The molecule has 0 aromatic heterocycles. The fourth-order valence-electron chi connectivity index (χ4n) is 8.36. The van der Waals surface area contributed by atoms with Gasteiger partial charge in [0.15, 0.2) is 46.0 Å². The zero-order valence-corrected chi connectivity index (χ0v) is 31.5. The number of aromatic hydroxyl groups is 1. The second-order valence-electron chi connectivity index (χ2n) is 13.6. The summed E-state index contributed by atoms with van der Waals surface area (Å²) in [6, 6.07) is 11.8. The van der Waals surface area contributed by atoms with Crippen molar-refractivity contribution in [2.45, 2.75) is 37.8 Å². The summed E-state index contributed by atoms with van der Waals surface area (Å²) < 4.78 is 47.8. The van der Waals surface area contributed by atoms with Crippen LogP contribution in [0.3, 0.4) is 0 Å². The number of phenolic OH excluding ortho intramolecular Hbond substituents is 1. The van der Waals surface area contributed by atoms with Gasteiger partial charge in [0.1, 0.15) is 5.75 Å². The molecular formula is C41H48N2O9. The van der Waals surface area contributed by atoms with Crippen molar-refractivity contribution >= 4 is 0 Å². The Labute approximate surface area is 305 Å². The van der Waals surface area contributed by atoms with Crippen LogP contribution >= 0.6 is 0 Å². The lowest BCUT2D eigenvalue weighted by molar-refractivity contribution is 0.222. The molecule has 2 heterocycles. The van der Waals surface area contributed by atoms with Crippen LogP contribution in [0.15, 0.2) is 36.4 Å². The molecule has 2 atom stereocenters. The lowest BCUT2D eigenvalue weighted by Gasteiger charge is -2.41. The molecule has 3 aliphatic rings. The molecule has 0 radical (unpaired) electrons. The van der Waals surface area contributed by atoms with Crippen molar-refractivity contribution < 1.29 is 43.0 Å². The zero-order chi connectivity index (χ0) is 36.8. The molecule has 1 N–H and O–H groups in total. The fourth-order valence-corrected chi connectivity index (χ4v) is 8.36. The van der Waals surface area contributed by atoms with Gasteiger partial charge in [-0.05, 0) is 97.9 Å². The molecule has 11 heteroatoms. The van der Waals surface area contributed by atoms with E-state index >= 15 is 0 Å². The normalized spacial score (nSPS) is 17.7. The number of ether oxygens (including phenoxy) is 8. The monoisotopic (exact) mass is 712 g/mol. The summed E-state index contributed by atoms with van der Waals surface area (Å²) in [5.41, 5.74) is 8.57. The Morgan fingerprint density at radius 2 is 1.25 bits per heavy atom. The molecule has 1 aliphatic carbocycles. The number of benzene rings is 4. The quantitative estimate of drug-likeness (QED) is 0.178. The lowest BCUT2D eigenvalue weighted by atomic mass is 9.76. The van der Waals surface area contributed by atoms with Gasteiger partial charge in [0.25, 0.3) is 0 Å². The molecule has 0 amide bonds. The number of hydrogen-bond acceptors (Lipinski definition) is 11. The van der Waals surface area contributed by atoms with E-state index in [0.717, 1.165) is 77.0 Å². The van der Waals surface area contributed by atoms with E-state index in [4.69, 9.17) is 37.9 Å². The SMILES string of the molecule is COc1cc2c(cc1O)[C@H](Cc1cc(OC)c(OC)cc1Oc1cc3c(cc1OC)-c1c(OC)c(OC)c(OC)c4c1[C@H](C3)N(C)CC4)N(C)CC2. The van der Waals surface area contributed by atoms with Crippen molar-refractivity contribution in [1.82, 2.24) is 9.80 Å². The van der Waals surface area contributed by atoms with Gasteiger partial charge >= 0.3 is 0 Å². The van der Waals surface area contributed by atoms with Gasteiger partial charge in [0.05, 0.1) is 49.8 Å². The van der Waals surface area contributed by atoms with Crippen LogP contribution in [0, 0.1) is 0 Å². The fraction of sp³-hybridized carbons (Fsp3) is 0.415. The topological polar surface area (TPSA) is 101 Å². The van der Waals surface area contributed by atoms with Crippen LogP contribution in [-0.4, -0.2) is 91.9 Å². The Hall–Kier alpha value is -5.00. The Balaban J connectivity index is 1.35. The van der Waals surface area contributed by atoms with Crippen LogP contribution in [0.1, 0.15) is 45.5 Å². The molecule has 2 aliphatic heterocycles. The molecule has 11 nitrogen and oxygen atoms in total. The van der Waals surface area contributed by atoms with Gasteiger partial charge in [-0.2, -0.15) is 0 Å². The molecule has 0 spiro atoms. The van der Waals surface area contributed by atoms with Crippen LogP contribution in [0.25, 0.3) is 11.1 Å². The Morgan fingerprint density at radius 3 is 1.92 bits per heavy atom. The minimum Gasteiger partial charge on any atom is -0.504 e. The summed E-state index contributed by atoms with van der Waals surface area (Å²) >= 11 is 0. The molecule has 7 rings (SSSR count). The number of rotatable bonds is 11. The molecule has 0 unspecified atom stereocenters. The predicted molar refractivity (Wildman–Crippen MR) is 198 cm³/mol. The second kappa shape index (κ2) is 14.2. The first-order valence-corrected chi connectivity index (χ1v) is 17.5. The smallest absolute Gasteiger partial charge is 0.204 e. The number of hydrogen-bond donors (Lipinski definition) is 1. The van der Waals surface area contributed by atoms with Gasteiger partial charge in [-0.1, -0.05) is 0 Å². The highest BCUT2D eigenvalue weighted by atomic mass is 16.5. The summed E-state index contributed by atoms with van der Waals surface area (Å²) in [6.45, 7) is 1.74. The van der Waals surface area contributed by atoms with E-state index < -0.39 is 0 Å². The number of likely N-dealkylation sites (N-methyl/N-ethyl adjacent to an activating group) is 2. The number of fused-ring (bicyclic) bond motifs is 3. The second-order valence-corrected chi connectivity index (χ2v) is 13.6. The van der Waals surface area contributed by atoms with Gasteiger partial charge < -0.3 is 43.0 Å². The first-order valence-electron chi connectivity index (χ1n) is 17.5. The van der Waals surface area contributed by atoms with Crippen molar-refractivity contribution in [3.8, 4) is 68.6 Å². The van der Waals surface area contributed by atoms with E-state index in [9.17, 15) is 5.11 Å². The van der Waals surface area contributed by atoms with E-state index in [2.05, 4.69) is 30.0 Å². The van der Waals surface area contributed by atoms with Gasteiger partial charge in [-0.3, -0.25) is 9.80 Å². The van der Waals surface area contributed by atoms with Crippen LogP contribution < -0.4 is 37.9 Å². The maximum atomic E-state index is 10.8. The van der Waals surface area contributed by atoms with Crippen LogP contribution in [-0.2, 0) is 25.7 Å². The summed E-state index contributed by atoms with van der Waals surface area (Å²) in [4.78, 5) is 4.69. The van der Waals surface area contributed by atoms with Crippen LogP contribution in [0.5, 0.6) is 57.5 Å². The highest BCUT2D eigenvalue weighted by Gasteiger charge is 2.40. The molecule has 0 fully saturated rings. The van der Waals surface area contributed by atoms with Gasteiger partial charge in [0.2, 0.25) is 5.75 Å². The van der Waals surface area contributed by atoms with E-state index in [1.54, 1.807) is 49.8 Å². The first kappa shape index (κ1) is 35.4. The number of nitrogens with zero attached hydrogens (tertiary/aromatic N) is 2. The van der Waals surface area contributed by atoms with E-state index in [-0.39, 0.29) is 17.8 Å². The third kappa shape index (κ3) is 5.76. The summed E-state index contributed by atoms with van der Waals surface area (Å²) in [5.74, 6) is 5.47. The zero-order valence-electron chi connectivity index (χ0n) is 31.5. The first-order chi connectivity index (χ1) is 25.2. The van der Waals surface area contributed by atoms with Gasteiger partial charge in [-0.15, -0.1) is 0 Å². The molecule has 4 aromatic carbocycles. The molecule has 276 valence electrons. The maximum absolute atomic E-state index is 10.8. The number of methoxy groups -OCH3 is 7. The molecule has 0 bridgehead atoms. The van der Waals surface area contributed by atoms with Crippen molar-refractivity contribution in [1.29, 1.82) is 0 Å². The third-order valence-electron chi connectivity index (χ3n) is 11.0.